The van der Waals surface area contributed by atoms with E-state index < -0.39 is 0 Å². The number of hydrogen-bond donors (Lipinski definition) is 2. The van der Waals surface area contributed by atoms with E-state index in [1.807, 2.05) is 0 Å². The summed E-state index contributed by atoms with van der Waals surface area (Å²) < 4.78 is 5.03. The fourth-order valence-corrected chi connectivity index (χ4v) is 2.24. The Bertz CT molecular complexity index is 619. The summed E-state index contributed by atoms with van der Waals surface area (Å²) in [6.07, 6.45) is 0. The lowest BCUT2D eigenvalue weighted by Gasteiger charge is -2.10. The van der Waals surface area contributed by atoms with E-state index in [2.05, 4.69) is 5.32 Å². The highest BCUT2D eigenvalue weighted by molar-refractivity contribution is 6.40. The lowest BCUT2D eigenvalue weighted by atomic mass is 10.2. The molecule has 4 nitrogen and oxygen atoms in total. The van der Waals surface area contributed by atoms with Crippen LogP contribution in [0.4, 0.5) is 11.4 Å². The maximum Gasteiger partial charge on any atom is 0.255 e. The monoisotopic (exact) mass is 310 g/mol. The van der Waals surface area contributed by atoms with E-state index in [9.17, 15) is 4.79 Å². The van der Waals surface area contributed by atoms with E-state index in [1.54, 1.807) is 31.4 Å². The summed E-state index contributed by atoms with van der Waals surface area (Å²) in [7, 11) is 1.56. The summed E-state index contributed by atoms with van der Waals surface area (Å²) in [6.45, 7) is 0. The van der Waals surface area contributed by atoms with Crippen molar-refractivity contribution in [3.8, 4) is 5.75 Å². The predicted molar refractivity (Wildman–Crippen MR) is 81.8 cm³/mol. The topological polar surface area (TPSA) is 64.3 Å². The summed E-state index contributed by atoms with van der Waals surface area (Å²) in [5, 5.41) is 3.24. The van der Waals surface area contributed by atoms with Gasteiger partial charge in [0.15, 0.2) is 0 Å². The summed E-state index contributed by atoms with van der Waals surface area (Å²) in [5.74, 6) is 0.353. The number of nitrogen functional groups attached to an aromatic ring is 1. The first kappa shape index (κ1) is 14.5. The SMILES string of the molecule is COc1ccc(C(=O)Nc2c(Cl)cc(N)cc2Cl)cc1. The van der Waals surface area contributed by atoms with E-state index in [0.29, 0.717) is 22.7 Å². The first-order valence-corrected chi connectivity index (χ1v) is 6.47. The molecule has 0 spiro atoms. The fraction of sp³-hybridized carbons (Fsp3) is 0.0714. The molecule has 104 valence electrons. The Kier molecular flexibility index (Phi) is 4.37. The maximum atomic E-state index is 12.1. The molecule has 0 saturated carbocycles. The molecule has 2 rings (SSSR count). The molecule has 0 aromatic heterocycles. The quantitative estimate of drug-likeness (QED) is 0.847. The zero-order valence-corrected chi connectivity index (χ0v) is 12.1. The lowest BCUT2D eigenvalue weighted by Crippen LogP contribution is -2.12. The third kappa shape index (κ3) is 3.15. The van der Waals surface area contributed by atoms with Crippen LogP contribution >= 0.6 is 23.2 Å². The maximum absolute atomic E-state index is 12.1. The number of amides is 1. The number of carbonyl (C=O) groups excluding carboxylic acids is 1. The molecule has 20 heavy (non-hydrogen) atoms. The average Bonchev–Trinajstić information content (AvgIpc) is 2.42. The molecule has 3 N–H and O–H groups in total. The van der Waals surface area contributed by atoms with E-state index >= 15 is 0 Å². The van der Waals surface area contributed by atoms with Crippen molar-refractivity contribution in [2.45, 2.75) is 0 Å². The van der Waals surface area contributed by atoms with Crippen LogP contribution < -0.4 is 15.8 Å². The third-order valence-electron chi connectivity index (χ3n) is 2.66. The van der Waals surface area contributed by atoms with Gasteiger partial charge in [-0.2, -0.15) is 0 Å². The Morgan fingerprint density at radius 1 is 1.15 bits per heavy atom. The zero-order valence-electron chi connectivity index (χ0n) is 10.6. The molecule has 2 aromatic carbocycles. The van der Waals surface area contributed by atoms with Crippen molar-refractivity contribution in [3.63, 3.8) is 0 Å². The van der Waals surface area contributed by atoms with Gasteiger partial charge in [0, 0.05) is 11.3 Å². The van der Waals surface area contributed by atoms with Gasteiger partial charge in [-0.3, -0.25) is 4.79 Å². The van der Waals surface area contributed by atoms with E-state index in [4.69, 9.17) is 33.7 Å². The van der Waals surface area contributed by atoms with Crippen molar-refractivity contribution >= 4 is 40.5 Å². The lowest BCUT2D eigenvalue weighted by molar-refractivity contribution is 0.102. The molecule has 0 heterocycles. The van der Waals surface area contributed by atoms with Gasteiger partial charge in [-0.25, -0.2) is 0 Å². The van der Waals surface area contributed by atoms with Gasteiger partial charge in [0.05, 0.1) is 22.8 Å². The second kappa shape index (κ2) is 6.03. The third-order valence-corrected chi connectivity index (χ3v) is 3.25. The van der Waals surface area contributed by atoms with Crippen molar-refractivity contribution in [2.75, 3.05) is 18.2 Å². The molecule has 1 amide bonds. The van der Waals surface area contributed by atoms with Gasteiger partial charge < -0.3 is 15.8 Å². The number of carbonyl (C=O) groups is 1. The molecule has 2 aromatic rings. The van der Waals surface area contributed by atoms with Gasteiger partial charge in [-0.05, 0) is 36.4 Å². The van der Waals surface area contributed by atoms with Gasteiger partial charge in [-0.15, -0.1) is 0 Å². The van der Waals surface area contributed by atoms with Crippen molar-refractivity contribution in [3.05, 3.63) is 52.0 Å². The number of nitrogens with two attached hydrogens (primary N) is 1. The van der Waals surface area contributed by atoms with E-state index in [1.165, 1.54) is 12.1 Å². The number of hydrogen-bond acceptors (Lipinski definition) is 3. The smallest absolute Gasteiger partial charge is 0.255 e. The molecule has 0 aliphatic heterocycles. The van der Waals surface area contributed by atoms with Crippen LogP contribution in [0.3, 0.4) is 0 Å². The number of ether oxygens (including phenoxy) is 1. The normalized spacial score (nSPS) is 10.2. The highest BCUT2D eigenvalue weighted by Crippen LogP contribution is 2.33. The average molecular weight is 311 g/mol. The van der Waals surface area contributed by atoms with Crippen LogP contribution in [-0.2, 0) is 0 Å². The van der Waals surface area contributed by atoms with Crippen LogP contribution in [0.25, 0.3) is 0 Å². The minimum Gasteiger partial charge on any atom is -0.497 e. The fourth-order valence-electron chi connectivity index (χ4n) is 1.64. The zero-order chi connectivity index (χ0) is 14.7. The van der Waals surface area contributed by atoms with Crippen LogP contribution in [0.15, 0.2) is 36.4 Å². The Morgan fingerprint density at radius 2 is 1.70 bits per heavy atom. The first-order valence-electron chi connectivity index (χ1n) is 5.71. The second-order valence-corrected chi connectivity index (χ2v) is 4.86. The molecule has 0 atom stereocenters. The van der Waals surface area contributed by atoms with Gasteiger partial charge in [0.1, 0.15) is 5.75 Å². The molecule has 6 heteroatoms. The van der Waals surface area contributed by atoms with Crippen LogP contribution in [0.2, 0.25) is 10.0 Å². The molecular weight excluding hydrogens is 299 g/mol. The number of rotatable bonds is 3. The number of halogens is 2. The minimum absolute atomic E-state index is 0.289. The van der Waals surface area contributed by atoms with Crippen LogP contribution in [-0.4, -0.2) is 13.0 Å². The Morgan fingerprint density at radius 3 is 2.20 bits per heavy atom. The van der Waals surface area contributed by atoms with Crippen molar-refractivity contribution in [1.82, 2.24) is 0 Å². The predicted octanol–water partition coefficient (Wildman–Crippen LogP) is 3.84. The molecular formula is C14H12Cl2N2O2. The summed E-state index contributed by atoms with van der Waals surface area (Å²) in [4.78, 5) is 12.1. The molecule has 0 aliphatic carbocycles. The van der Waals surface area contributed by atoms with Crippen molar-refractivity contribution in [1.29, 1.82) is 0 Å². The van der Waals surface area contributed by atoms with Crippen molar-refractivity contribution in [2.24, 2.45) is 0 Å². The Balaban J connectivity index is 2.23. The largest absolute Gasteiger partial charge is 0.497 e. The standard InChI is InChI=1S/C14H12Cl2N2O2/c1-20-10-4-2-8(3-5-10)14(19)18-13-11(15)6-9(17)7-12(13)16/h2-7H,17H2,1H3,(H,18,19). The first-order chi connectivity index (χ1) is 9.51. The Hall–Kier alpha value is -1.91. The second-order valence-electron chi connectivity index (χ2n) is 4.04. The molecule has 0 radical (unpaired) electrons. The number of methoxy groups -OCH3 is 1. The van der Waals surface area contributed by atoms with Crippen LogP contribution in [0.5, 0.6) is 5.75 Å². The molecule has 0 unspecified atom stereocenters. The molecule has 0 aliphatic rings. The van der Waals surface area contributed by atoms with Crippen LogP contribution in [0, 0.1) is 0 Å². The van der Waals surface area contributed by atoms with E-state index in [-0.39, 0.29) is 16.0 Å². The summed E-state index contributed by atoms with van der Waals surface area (Å²) >= 11 is 12.0. The minimum atomic E-state index is -0.318. The van der Waals surface area contributed by atoms with E-state index in [0.717, 1.165) is 0 Å². The van der Waals surface area contributed by atoms with Gasteiger partial charge >= 0.3 is 0 Å². The van der Waals surface area contributed by atoms with Gasteiger partial charge in [-0.1, -0.05) is 23.2 Å². The Labute approximate surface area is 126 Å². The molecule has 0 fully saturated rings. The molecule has 0 bridgehead atoms. The summed E-state index contributed by atoms with van der Waals surface area (Å²) in [5.41, 5.74) is 6.84. The number of benzene rings is 2. The highest BCUT2D eigenvalue weighted by atomic mass is 35.5. The van der Waals surface area contributed by atoms with Gasteiger partial charge in [0.25, 0.3) is 5.91 Å². The van der Waals surface area contributed by atoms with Crippen LogP contribution in [0.1, 0.15) is 10.4 Å². The van der Waals surface area contributed by atoms with Crippen molar-refractivity contribution < 1.29 is 9.53 Å². The number of anilines is 2. The number of nitrogens with one attached hydrogen (secondary N) is 1. The summed E-state index contributed by atoms with van der Waals surface area (Å²) in [6, 6.07) is 9.73. The highest BCUT2D eigenvalue weighted by Gasteiger charge is 2.12. The van der Waals surface area contributed by atoms with Gasteiger partial charge in [0.2, 0.25) is 0 Å². The molecule has 0 saturated heterocycles.